The highest BCUT2D eigenvalue weighted by atomic mass is 16.6. The maximum atomic E-state index is 11.4. The molecule has 27 heavy (non-hydrogen) atoms. The SMILES string of the molecule is O=[N+]([O-])c1ccc2c(c1)N(C1CC1)c1ccccc1C(N1CCNCC1)=N2. The molecular formula is C20H21N5O2. The molecule has 1 saturated carbocycles. The van der Waals surface area contributed by atoms with E-state index in [1.807, 2.05) is 12.1 Å². The largest absolute Gasteiger partial charge is 0.353 e. The van der Waals surface area contributed by atoms with E-state index in [-0.39, 0.29) is 10.6 Å². The third kappa shape index (κ3) is 2.84. The number of nitro groups is 1. The molecule has 0 amide bonds. The topological polar surface area (TPSA) is 74.0 Å². The van der Waals surface area contributed by atoms with Gasteiger partial charge in [0.05, 0.1) is 22.0 Å². The second-order valence-electron chi connectivity index (χ2n) is 7.22. The summed E-state index contributed by atoms with van der Waals surface area (Å²) in [5.41, 5.74) is 3.95. The van der Waals surface area contributed by atoms with E-state index in [1.54, 1.807) is 18.2 Å². The number of nitrogens with zero attached hydrogens (tertiary/aromatic N) is 4. The zero-order valence-corrected chi connectivity index (χ0v) is 15.0. The zero-order chi connectivity index (χ0) is 18.4. The summed E-state index contributed by atoms with van der Waals surface area (Å²) in [7, 11) is 0. The first-order chi connectivity index (χ1) is 13.2. The van der Waals surface area contributed by atoms with E-state index < -0.39 is 0 Å². The molecule has 5 rings (SSSR count). The lowest BCUT2D eigenvalue weighted by molar-refractivity contribution is -0.384. The van der Waals surface area contributed by atoms with Crippen LogP contribution in [0.4, 0.5) is 22.7 Å². The van der Waals surface area contributed by atoms with Crippen molar-refractivity contribution in [3.05, 3.63) is 58.1 Å². The van der Waals surface area contributed by atoms with Crippen LogP contribution in [-0.4, -0.2) is 47.9 Å². The minimum Gasteiger partial charge on any atom is -0.353 e. The third-order valence-corrected chi connectivity index (χ3v) is 5.39. The number of nitrogens with one attached hydrogen (secondary N) is 1. The molecule has 0 unspecified atom stereocenters. The molecule has 138 valence electrons. The summed E-state index contributed by atoms with van der Waals surface area (Å²) in [4.78, 5) is 20.6. The van der Waals surface area contributed by atoms with Crippen molar-refractivity contribution in [3.63, 3.8) is 0 Å². The molecule has 0 atom stereocenters. The molecule has 1 aliphatic carbocycles. The number of hydrogen-bond acceptors (Lipinski definition) is 6. The second kappa shape index (κ2) is 6.35. The molecule has 2 heterocycles. The lowest BCUT2D eigenvalue weighted by Crippen LogP contribution is -2.46. The van der Waals surface area contributed by atoms with E-state index in [1.165, 1.54) is 0 Å². The fourth-order valence-electron chi connectivity index (χ4n) is 3.93. The van der Waals surface area contributed by atoms with E-state index in [2.05, 4.69) is 27.2 Å². The molecule has 0 bridgehead atoms. The predicted octanol–water partition coefficient (Wildman–Crippen LogP) is 3.19. The summed E-state index contributed by atoms with van der Waals surface area (Å²) in [5, 5.41) is 14.7. The summed E-state index contributed by atoms with van der Waals surface area (Å²) >= 11 is 0. The number of rotatable bonds is 2. The minimum atomic E-state index is -0.330. The van der Waals surface area contributed by atoms with E-state index in [9.17, 15) is 10.1 Å². The van der Waals surface area contributed by atoms with Gasteiger partial charge in [0.2, 0.25) is 0 Å². The highest BCUT2D eigenvalue weighted by molar-refractivity contribution is 6.08. The van der Waals surface area contributed by atoms with Crippen LogP contribution in [0.2, 0.25) is 0 Å². The van der Waals surface area contributed by atoms with Gasteiger partial charge in [-0.2, -0.15) is 0 Å². The number of aliphatic imine (C=N–C) groups is 1. The first-order valence-corrected chi connectivity index (χ1v) is 9.44. The number of para-hydroxylation sites is 1. The third-order valence-electron chi connectivity index (χ3n) is 5.39. The Morgan fingerprint density at radius 2 is 1.85 bits per heavy atom. The smallest absolute Gasteiger partial charge is 0.271 e. The Bertz CT molecular complexity index is 932. The highest BCUT2D eigenvalue weighted by Crippen LogP contribution is 2.47. The summed E-state index contributed by atoms with van der Waals surface area (Å²) in [6.07, 6.45) is 2.19. The van der Waals surface area contributed by atoms with Crippen LogP contribution in [-0.2, 0) is 0 Å². The average molecular weight is 363 g/mol. The van der Waals surface area contributed by atoms with E-state index in [0.29, 0.717) is 6.04 Å². The number of amidine groups is 1. The van der Waals surface area contributed by atoms with Gasteiger partial charge in [-0.25, -0.2) is 4.99 Å². The number of piperazine rings is 1. The molecule has 1 saturated heterocycles. The Kier molecular flexibility index (Phi) is 3.82. The molecule has 2 aliphatic heterocycles. The number of benzene rings is 2. The van der Waals surface area contributed by atoms with E-state index in [0.717, 1.165) is 67.5 Å². The summed E-state index contributed by atoms with van der Waals surface area (Å²) < 4.78 is 0. The maximum absolute atomic E-state index is 11.4. The molecule has 0 spiro atoms. The van der Waals surface area contributed by atoms with Crippen LogP contribution in [0.1, 0.15) is 18.4 Å². The van der Waals surface area contributed by atoms with Gasteiger partial charge in [-0.15, -0.1) is 0 Å². The molecule has 7 nitrogen and oxygen atoms in total. The lowest BCUT2D eigenvalue weighted by Gasteiger charge is -2.31. The van der Waals surface area contributed by atoms with Crippen LogP contribution in [0.5, 0.6) is 0 Å². The quantitative estimate of drug-likeness (QED) is 0.655. The van der Waals surface area contributed by atoms with Crippen molar-refractivity contribution in [1.29, 1.82) is 0 Å². The molecule has 1 N–H and O–H groups in total. The van der Waals surface area contributed by atoms with Gasteiger partial charge < -0.3 is 15.1 Å². The van der Waals surface area contributed by atoms with Crippen molar-refractivity contribution in [1.82, 2.24) is 10.2 Å². The number of hydrogen-bond donors (Lipinski definition) is 1. The average Bonchev–Trinajstić information content (AvgIpc) is 3.53. The van der Waals surface area contributed by atoms with Crippen molar-refractivity contribution in [2.24, 2.45) is 4.99 Å². The normalized spacial score (nSPS) is 19.0. The standard InChI is InChI=1S/C20H21N5O2/c26-25(27)15-7-8-17-19(13-15)24(14-5-6-14)18-4-2-1-3-16(18)20(22-17)23-11-9-21-10-12-23/h1-4,7-8,13-14,21H,5-6,9-12H2. The monoisotopic (exact) mass is 363 g/mol. The van der Waals surface area contributed by atoms with Crippen molar-refractivity contribution < 1.29 is 4.92 Å². The van der Waals surface area contributed by atoms with Crippen molar-refractivity contribution in [2.75, 3.05) is 31.1 Å². The molecule has 7 heteroatoms. The highest BCUT2D eigenvalue weighted by Gasteiger charge is 2.36. The van der Waals surface area contributed by atoms with Gasteiger partial charge >= 0.3 is 0 Å². The lowest BCUT2D eigenvalue weighted by atomic mass is 10.1. The number of non-ortho nitro benzene ring substituents is 1. The minimum absolute atomic E-state index is 0.109. The summed E-state index contributed by atoms with van der Waals surface area (Å²) in [5.74, 6) is 0.963. The fraction of sp³-hybridized carbons (Fsp3) is 0.350. The summed E-state index contributed by atoms with van der Waals surface area (Å²) in [6, 6.07) is 13.7. The first-order valence-electron chi connectivity index (χ1n) is 9.44. The van der Waals surface area contributed by atoms with Gasteiger partial charge in [0.25, 0.3) is 5.69 Å². The van der Waals surface area contributed by atoms with E-state index >= 15 is 0 Å². The van der Waals surface area contributed by atoms with Crippen LogP contribution in [0.3, 0.4) is 0 Å². The van der Waals surface area contributed by atoms with Gasteiger partial charge in [0, 0.05) is 49.9 Å². The van der Waals surface area contributed by atoms with Gasteiger partial charge in [-0.05, 0) is 31.0 Å². The van der Waals surface area contributed by atoms with Gasteiger partial charge in [0.15, 0.2) is 0 Å². The second-order valence-corrected chi connectivity index (χ2v) is 7.22. The maximum Gasteiger partial charge on any atom is 0.271 e. The predicted molar refractivity (Wildman–Crippen MR) is 105 cm³/mol. The Morgan fingerprint density at radius 3 is 2.59 bits per heavy atom. The van der Waals surface area contributed by atoms with Crippen LogP contribution >= 0.6 is 0 Å². The van der Waals surface area contributed by atoms with Crippen LogP contribution in [0, 0.1) is 10.1 Å². The Balaban J connectivity index is 1.72. The number of anilines is 2. The van der Waals surface area contributed by atoms with Gasteiger partial charge in [0.1, 0.15) is 5.84 Å². The first kappa shape index (κ1) is 16.3. The molecule has 0 aromatic heterocycles. The Hall–Kier alpha value is -2.93. The number of nitro benzene ring substituents is 1. The molecule has 3 aliphatic rings. The number of fused-ring (bicyclic) bond motifs is 2. The van der Waals surface area contributed by atoms with Gasteiger partial charge in [-0.3, -0.25) is 10.1 Å². The molecular weight excluding hydrogens is 342 g/mol. The summed E-state index contributed by atoms with van der Waals surface area (Å²) in [6.45, 7) is 3.67. The molecule has 0 radical (unpaired) electrons. The zero-order valence-electron chi connectivity index (χ0n) is 15.0. The molecule has 2 aromatic rings. The molecule has 2 fully saturated rings. The van der Waals surface area contributed by atoms with Crippen molar-refractivity contribution >= 4 is 28.6 Å². The Labute approximate surface area is 157 Å². The van der Waals surface area contributed by atoms with E-state index in [4.69, 9.17) is 4.99 Å². The van der Waals surface area contributed by atoms with Crippen molar-refractivity contribution in [3.8, 4) is 0 Å². The van der Waals surface area contributed by atoms with Crippen LogP contribution in [0.15, 0.2) is 47.5 Å². The van der Waals surface area contributed by atoms with Crippen molar-refractivity contribution in [2.45, 2.75) is 18.9 Å². The van der Waals surface area contributed by atoms with Crippen LogP contribution in [0.25, 0.3) is 0 Å². The van der Waals surface area contributed by atoms with Crippen LogP contribution < -0.4 is 10.2 Å². The fourth-order valence-corrected chi connectivity index (χ4v) is 3.93. The Morgan fingerprint density at radius 1 is 1.07 bits per heavy atom. The van der Waals surface area contributed by atoms with Gasteiger partial charge in [-0.1, -0.05) is 12.1 Å². The molecule has 2 aromatic carbocycles.